The van der Waals surface area contributed by atoms with Gasteiger partial charge in [0.15, 0.2) is 0 Å². The zero-order valence-corrected chi connectivity index (χ0v) is 17.2. The van der Waals surface area contributed by atoms with E-state index in [9.17, 15) is 9.59 Å². The number of aromatic nitrogens is 2. The average molecular weight is 411 g/mol. The second kappa shape index (κ2) is 10.2. The van der Waals surface area contributed by atoms with Crippen LogP contribution in [0.5, 0.6) is 5.75 Å². The van der Waals surface area contributed by atoms with Crippen LogP contribution in [0.15, 0.2) is 27.8 Å². The van der Waals surface area contributed by atoms with Gasteiger partial charge in [-0.1, -0.05) is 24.9 Å². The monoisotopic (exact) mass is 410 g/mol. The van der Waals surface area contributed by atoms with Crippen molar-refractivity contribution in [1.82, 2.24) is 9.55 Å². The molecule has 154 valence electrons. The molecule has 28 heavy (non-hydrogen) atoms. The van der Waals surface area contributed by atoms with E-state index in [0.29, 0.717) is 37.0 Å². The van der Waals surface area contributed by atoms with Crippen LogP contribution in [0.25, 0.3) is 0 Å². The summed E-state index contributed by atoms with van der Waals surface area (Å²) in [7, 11) is 3.15. The highest BCUT2D eigenvalue weighted by atomic mass is 35.5. The van der Waals surface area contributed by atoms with Gasteiger partial charge in [0.1, 0.15) is 17.3 Å². The van der Waals surface area contributed by atoms with E-state index in [4.69, 9.17) is 26.8 Å². The number of nitrogens with two attached hydrogens (primary N) is 1. The molecule has 0 bridgehead atoms. The number of ether oxygens (including phenoxy) is 2. The van der Waals surface area contributed by atoms with E-state index in [1.54, 1.807) is 37.3 Å². The molecule has 8 nitrogen and oxygen atoms in total. The normalized spacial score (nSPS) is 10.9. The van der Waals surface area contributed by atoms with Gasteiger partial charge in [-0.15, -0.1) is 0 Å². The molecule has 0 fully saturated rings. The summed E-state index contributed by atoms with van der Waals surface area (Å²) in [5.41, 5.74) is 6.23. The molecule has 1 heterocycles. The van der Waals surface area contributed by atoms with Gasteiger partial charge in [-0.05, 0) is 24.6 Å². The Balaban J connectivity index is 2.53. The molecule has 2 aromatic rings. The van der Waals surface area contributed by atoms with Gasteiger partial charge in [-0.2, -0.15) is 0 Å². The summed E-state index contributed by atoms with van der Waals surface area (Å²) >= 11 is 6.14. The van der Waals surface area contributed by atoms with Crippen LogP contribution in [0.1, 0.15) is 25.3 Å². The van der Waals surface area contributed by atoms with Crippen molar-refractivity contribution in [2.45, 2.75) is 32.9 Å². The van der Waals surface area contributed by atoms with Crippen molar-refractivity contribution in [3.05, 3.63) is 49.6 Å². The number of H-pyrrole nitrogens is 1. The Kier molecular flexibility index (Phi) is 7.95. The van der Waals surface area contributed by atoms with Gasteiger partial charge in [0.2, 0.25) is 0 Å². The van der Waals surface area contributed by atoms with Gasteiger partial charge in [-0.3, -0.25) is 14.3 Å². The van der Waals surface area contributed by atoms with Crippen LogP contribution in [0.3, 0.4) is 0 Å². The number of hydrogen-bond acceptors (Lipinski definition) is 6. The maximum absolute atomic E-state index is 12.6. The predicted molar refractivity (Wildman–Crippen MR) is 112 cm³/mol. The van der Waals surface area contributed by atoms with Crippen molar-refractivity contribution >= 4 is 23.1 Å². The van der Waals surface area contributed by atoms with Gasteiger partial charge >= 0.3 is 5.69 Å². The Bertz CT molecular complexity index is 910. The first kappa shape index (κ1) is 21.8. The van der Waals surface area contributed by atoms with Gasteiger partial charge in [0.25, 0.3) is 5.56 Å². The van der Waals surface area contributed by atoms with Gasteiger partial charge < -0.3 is 20.1 Å². The molecule has 2 rings (SSSR count). The Hall–Kier alpha value is -2.45. The van der Waals surface area contributed by atoms with Gasteiger partial charge in [0.05, 0.1) is 13.7 Å². The summed E-state index contributed by atoms with van der Waals surface area (Å²) in [6.45, 7) is 3.53. The highest BCUT2D eigenvalue weighted by molar-refractivity contribution is 6.30. The largest absolute Gasteiger partial charge is 0.496 e. The van der Waals surface area contributed by atoms with Crippen LogP contribution in [-0.2, 0) is 17.8 Å². The molecule has 1 aromatic carbocycles. The predicted octanol–water partition coefficient (Wildman–Crippen LogP) is 2.23. The number of hydrogen-bond donors (Lipinski definition) is 2. The average Bonchev–Trinajstić information content (AvgIpc) is 2.65. The fourth-order valence-corrected chi connectivity index (χ4v) is 3.16. The van der Waals surface area contributed by atoms with Crippen LogP contribution in [0.2, 0.25) is 5.02 Å². The third-order valence-electron chi connectivity index (χ3n) is 4.43. The molecule has 0 saturated carbocycles. The lowest BCUT2D eigenvalue weighted by atomic mass is 10.1. The Morgan fingerprint density at radius 3 is 2.68 bits per heavy atom. The van der Waals surface area contributed by atoms with Crippen molar-refractivity contribution in [2.75, 3.05) is 38.0 Å². The molecule has 0 aliphatic heterocycles. The molecular weight excluding hydrogens is 384 g/mol. The SMILES string of the molecule is CCCCn1c(N)c(N(CCOC)Cc2cc(Cl)ccc2OC)c(=O)[nH]c1=O. The van der Waals surface area contributed by atoms with Crippen LogP contribution in [0.4, 0.5) is 11.5 Å². The van der Waals surface area contributed by atoms with E-state index in [0.717, 1.165) is 18.4 Å². The number of halogens is 1. The number of rotatable bonds is 10. The second-order valence-corrected chi connectivity index (χ2v) is 6.81. The zero-order chi connectivity index (χ0) is 20.7. The maximum Gasteiger partial charge on any atom is 0.330 e. The van der Waals surface area contributed by atoms with Crippen molar-refractivity contribution < 1.29 is 9.47 Å². The minimum Gasteiger partial charge on any atom is -0.496 e. The van der Waals surface area contributed by atoms with E-state index in [-0.39, 0.29) is 11.5 Å². The molecule has 0 radical (unpaired) electrons. The number of aromatic amines is 1. The van der Waals surface area contributed by atoms with E-state index in [1.807, 2.05) is 6.92 Å². The summed E-state index contributed by atoms with van der Waals surface area (Å²) in [6, 6.07) is 5.27. The Morgan fingerprint density at radius 2 is 2.04 bits per heavy atom. The Labute approximate surface area is 168 Å². The molecule has 0 aliphatic rings. The minimum absolute atomic E-state index is 0.138. The van der Waals surface area contributed by atoms with E-state index < -0.39 is 11.2 Å². The summed E-state index contributed by atoms with van der Waals surface area (Å²) in [5, 5.41) is 0.553. The van der Waals surface area contributed by atoms with Crippen molar-refractivity contribution in [2.24, 2.45) is 0 Å². The third-order valence-corrected chi connectivity index (χ3v) is 4.67. The molecule has 0 amide bonds. The molecule has 0 atom stereocenters. The first-order chi connectivity index (χ1) is 13.4. The Morgan fingerprint density at radius 1 is 1.29 bits per heavy atom. The molecule has 0 aliphatic carbocycles. The summed E-state index contributed by atoms with van der Waals surface area (Å²) in [6.07, 6.45) is 1.67. The molecule has 0 unspecified atom stereocenters. The molecule has 0 spiro atoms. The highest BCUT2D eigenvalue weighted by Gasteiger charge is 2.20. The number of nitrogen functional groups attached to an aromatic ring is 1. The quantitative estimate of drug-likeness (QED) is 0.622. The highest BCUT2D eigenvalue weighted by Crippen LogP contribution is 2.27. The van der Waals surface area contributed by atoms with Gasteiger partial charge in [-0.25, -0.2) is 4.79 Å². The molecule has 0 saturated heterocycles. The fraction of sp³-hybridized carbons (Fsp3) is 0.474. The molecular formula is C19H27ClN4O4. The smallest absolute Gasteiger partial charge is 0.330 e. The maximum atomic E-state index is 12.6. The first-order valence-electron chi connectivity index (χ1n) is 9.11. The lowest BCUT2D eigenvalue weighted by Crippen LogP contribution is -2.39. The molecule has 3 N–H and O–H groups in total. The fourth-order valence-electron chi connectivity index (χ4n) is 2.97. The summed E-state index contributed by atoms with van der Waals surface area (Å²) in [4.78, 5) is 29.0. The number of methoxy groups -OCH3 is 2. The summed E-state index contributed by atoms with van der Waals surface area (Å²) < 4.78 is 12.0. The van der Waals surface area contributed by atoms with Crippen LogP contribution < -0.4 is 26.6 Å². The second-order valence-electron chi connectivity index (χ2n) is 6.37. The minimum atomic E-state index is -0.535. The standard InChI is InChI=1S/C19H27ClN4O4/c1-4-5-8-24-17(21)16(18(25)22-19(24)26)23(9-10-27-2)12-13-11-14(20)6-7-15(13)28-3/h6-7,11H,4-5,8-10,12,21H2,1-3H3,(H,22,25,26). The lowest BCUT2D eigenvalue weighted by Gasteiger charge is -2.27. The number of benzene rings is 1. The van der Waals surface area contributed by atoms with Crippen molar-refractivity contribution in [3.8, 4) is 5.75 Å². The third kappa shape index (κ3) is 5.08. The number of nitrogens with zero attached hydrogens (tertiary/aromatic N) is 2. The lowest BCUT2D eigenvalue weighted by molar-refractivity contribution is 0.205. The molecule has 9 heteroatoms. The van der Waals surface area contributed by atoms with Gasteiger partial charge in [0, 0.05) is 37.3 Å². The number of nitrogens with one attached hydrogen (secondary N) is 1. The van der Waals surface area contributed by atoms with E-state index in [1.165, 1.54) is 4.57 Å². The molecule has 1 aromatic heterocycles. The van der Waals surface area contributed by atoms with Crippen molar-refractivity contribution in [1.29, 1.82) is 0 Å². The number of anilines is 2. The first-order valence-corrected chi connectivity index (χ1v) is 9.49. The van der Waals surface area contributed by atoms with E-state index in [2.05, 4.69) is 4.98 Å². The van der Waals surface area contributed by atoms with Crippen LogP contribution in [0, 0.1) is 0 Å². The zero-order valence-electron chi connectivity index (χ0n) is 16.5. The van der Waals surface area contributed by atoms with Crippen LogP contribution in [-0.4, -0.2) is 36.9 Å². The number of unbranched alkanes of at least 4 members (excludes halogenated alkanes) is 1. The topological polar surface area (TPSA) is 103 Å². The van der Waals surface area contributed by atoms with Crippen LogP contribution >= 0.6 is 11.6 Å². The summed E-state index contributed by atoms with van der Waals surface area (Å²) in [5.74, 6) is 0.778. The van der Waals surface area contributed by atoms with Crippen molar-refractivity contribution in [3.63, 3.8) is 0 Å². The van der Waals surface area contributed by atoms with E-state index >= 15 is 0 Å².